The molecule has 1 saturated carbocycles. The first-order valence-electron chi connectivity index (χ1n) is 12.3. The Bertz CT molecular complexity index is 851. The average Bonchev–Trinajstić information content (AvgIpc) is 2.86. The van der Waals surface area contributed by atoms with Gasteiger partial charge in [0.2, 0.25) is 5.91 Å². The van der Waals surface area contributed by atoms with Crippen molar-refractivity contribution in [3.63, 3.8) is 0 Å². The van der Waals surface area contributed by atoms with Gasteiger partial charge in [-0.25, -0.2) is 4.79 Å². The van der Waals surface area contributed by atoms with Gasteiger partial charge in [-0.3, -0.25) is 19.9 Å². The van der Waals surface area contributed by atoms with Gasteiger partial charge in [0, 0.05) is 32.2 Å². The van der Waals surface area contributed by atoms with Gasteiger partial charge in [-0.05, 0) is 30.9 Å². The summed E-state index contributed by atoms with van der Waals surface area (Å²) in [5.41, 5.74) is 2.56. The highest BCUT2D eigenvalue weighted by Crippen LogP contribution is 2.29. The highest BCUT2D eigenvalue weighted by atomic mass is 16.2. The van der Waals surface area contributed by atoms with Crippen molar-refractivity contribution < 1.29 is 9.59 Å². The van der Waals surface area contributed by atoms with Crippen LogP contribution in [0.25, 0.3) is 0 Å². The summed E-state index contributed by atoms with van der Waals surface area (Å²) in [6.45, 7) is 5.19. The fourth-order valence-electron chi connectivity index (χ4n) is 5.12. The van der Waals surface area contributed by atoms with Gasteiger partial charge in [0.1, 0.15) is 0 Å². The molecule has 176 valence electrons. The van der Waals surface area contributed by atoms with Crippen LogP contribution in [0.3, 0.4) is 0 Å². The van der Waals surface area contributed by atoms with Crippen LogP contribution >= 0.6 is 0 Å². The van der Waals surface area contributed by atoms with Crippen molar-refractivity contribution >= 4 is 11.9 Å². The largest absolute Gasteiger partial charge is 0.335 e. The minimum absolute atomic E-state index is 0.193. The van der Waals surface area contributed by atoms with E-state index in [1.165, 1.54) is 17.5 Å². The second kappa shape index (κ2) is 11.4. The zero-order chi connectivity index (χ0) is 23.0. The number of carbonyl (C=O) groups is 2. The second-order valence-corrected chi connectivity index (χ2v) is 9.27. The molecule has 0 spiro atoms. The molecular formula is C27H36N4O2. The van der Waals surface area contributed by atoms with E-state index >= 15 is 0 Å². The van der Waals surface area contributed by atoms with Crippen molar-refractivity contribution in [1.29, 1.82) is 0 Å². The molecule has 2 aromatic carbocycles. The summed E-state index contributed by atoms with van der Waals surface area (Å²) in [7, 11) is 0. The molecule has 2 aromatic rings. The van der Waals surface area contributed by atoms with E-state index in [1.807, 2.05) is 19.1 Å². The number of imide groups is 1. The monoisotopic (exact) mass is 448 g/mol. The number of urea groups is 1. The third kappa shape index (κ3) is 6.21. The number of rotatable bonds is 6. The minimum atomic E-state index is -0.356. The Hall–Kier alpha value is -2.70. The van der Waals surface area contributed by atoms with Crippen molar-refractivity contribution in [2.24, 2.45) is 0 Å². The van der Waals surface area contributed by atoms with Crippen LogP contribution in [-0.2, 0) is 4.79 Å². The third-order valence-electron chi connectivity index (χ3n) is 7.05. The van der Waals surface area contributed by atoms with Gasteiger partial charge in [0.05, 0.1) is 12.1 Å². The topological polar surface area (TPSA) is 64.7 Å². The maximum atomic E-state index is 12.7. The molecular weight excluding hydrogens is 412 g/mol. The molecule has 0 aromatic heterocycles. The molecule has 1 atom stereocenters. The first-order valence-corrected chi connectivity index (χ1v) is 12.3. The molecule has 1 heterocycles. The maximum Gasteiger partial charge on any atom is 0.321 e. The van der Waals surface area contributed by atoms with Crippen molar-refractivity contribution in [3.05, 3.63) is 71.8 Å². The number of amides is 3. The van der Waals surface area contributed by atoms with Gasteiger partial charge in [-0.15, -0.1) is 0 Å². The molecule has 4 rings (SSSR count). The number of nitrogens with zero attached hydrogens (tertiary/aromatic N) is 2. The Labute approximate surface area is 197 Å². The summed E-state index contributed by atoms with van der Waals surface area (Å²) in [6, 6.07) is 20.9. The summed E-state index contributed by atoms with van der Waals surface area (Å²) in [6.07, 6.45) is 5.53. The van der Waals surface area contributed by atoms with Crippen LogP contribution in [0.1, 0.15) is 56.2 Å². The Morgan fingerprint density at radius 1 is 0.788 bits per heavy atom. The molecule has 2 fully saturated rings. The molecule has 6 nitrogen and oxygen atoms in total. The molecule has 2 N–H and O–H groups in total. The van der Waals surface area contributed by atoms with E-state index in [4.69, 9.17) is 0 Å². The van der Waals surface area contributed by atoms with Gasteiger partial charge < -0.3 is 5.32 Å². The van der Waals surface area contributed by atoms with Crippen LogP contribution in [0.2, 0.25) is 0 Å². The van der Waals surface area contributed by atoms with Gasteiger partial charge in [0.25, 0.3) is 0 Å². The molecule has 0 unspecified atom stereocenters. The van der Waals surface area contributed by atoms with Crippen LogP contribution in [0.15, 0.2) is 60.7 Å². The van der Waals surface area contributed by atoms with Crippen molar-refractivity contribution in [2.45, 2.75) is 57.2 Å². The Morgan fingerprint density at radius 2 is 1.30 bits per heavy atom. The molecule has 6 heteroatoms. The summed E-state index contributed by atoms with van der Waals surface area (Å²) in [5.74, 6) is -0.223. The van der Waals surface area contributed by atoms with E-state index in [0.717, 1.165) is 51.9 Å². The predicted octanol–water partition coefficient (Wildman–Crippen LogP) is 3.94. The van der Waals surface area contributed by atoms with E-state index in [2.05, 4.69) is 69.0 Å². The second-order valence-electron chi connectivity index (χ2n) is 9.27. The summed E-state index contributed by atoms with van der Waals surface area (Å²) < 4.78 is 0. The van der Waals surface area contributed by atoms with E-state index in [1.54, 1.807) is 0 Å². The highest BCUT2D eigenvalue weighted by Gasteiger charge is 2.30. The molecule has 0 radical (unpaired) electrons. The molecule has 33 heavy (non-hydrogen) atoms. The van der Waals surface area contributed by atoms with Gasteiger partial charge >= 0.3 is 6.03 Å². The number of hydrogen-bond acceptors (Lipinski definition) is 4. The number of nitrogens with one attached hydrogen (secondary N) is 2. The lowest BCUT2D eigenvalue weighted by Crippen LogP contribution is -2.56. The first-order chi connectivity index (χ1) is 16.1. The van der Waals surface area contributed by atoms with E-state index in [9.17, 15) is 9.59 Å². The fraction of sp³-hybridized carbons (Fsp3) is 0.481. The average molecular weight is 449 g/mol. The molecule has 0 bridgehead atoms. The van der Waals surface area contributed by atoms with Crippen LogP contribution in [0.5, 0.6) is 0 Å². The van der Waals surface area contributed by atoms with Crippen LogP contribution in [0.4, 0.5) is 4.79 Å². The van der Waals surface area contributed by atoms with Crippen molar-refractivity contribution in [3.8, 4) is 0 Å². The summed E-state index contributed by atoms with van der Waals surface area (Å²) >= 11 is 0. The van der Waals surface area contributed by atoms with Crippen LogP contribution in [-0.4, -0.2) is 60.0 Å². The van der Waals surface area contributed by atoms with Gasteiger partial charge in [-0.2, -0.15) is 0 Å². The minimum Gasteiger partial charge on any atom is -0.335 e. The van der Waals surface area contributed by atoms with Gasteiger partial charge in [0.15, 0.2) is 0 Å². The Morgan fingerprint density at radius 3 is 1.85 bits per heavy atom. The van der Waals surface area contributed by atoms with Crippen LogP contribution < -0.4 is 10.6 Å². The first kappa shape index (κ1) is 23.5. The Balaban J connectivity index is 1.33. The Kier molecular flexibility index (Phi) is 8.13. The molecule has 2 aliphatic rings. The zero-order valence-electron chi connectivity index (χ0n) is 19.6. The normalized spacial score (nSPS) is 19.2. The lowest BCUT2D eigenvalue weighted by molar-refractivity contribution is -0.125. The molecule has 3 amide bonds. The lowest BCUT2D eigenvalue weighted by Gasteiger charge is -2.41. The molecule has 1 saturated heterocycles. The van der Waals surface area contributed by atoms with E-state index in [-0.39, 0.29) is 30.1 Å². The number of piperazine rings is 1. The number of benzene rings is 2. The summed E-state index contributed by atoms with van der Waals surface area (Å²) in [5, 5.41) is 5.53. The lowest BCUT2D eigenvalue weighted by atomic mass is 9.96. The van der Waals surface area contributed by atoms with Crippen molar-refractivity contribution in [2.75, 3.05) is 26.2 Å². The SMILES string of the molecule is C[C@H](C(=O)NC(=O)NC1CCCCC1)N1CCN(C(c2ccccc2)c2ccccc2)CC1. The third-order valence-corrected chi connectivity index (χ3v) is 7.05. The fourth-order valence-corrected chi connectivity index (χ4v) is 5.12. The quantitative estimate of drug-likeness (QED) is 0.703. The van der Waals surface area contributed by atoms with Crippen molar-refractivity contribution in [1.82, 2.24) is 20.4 Å². The molecule has 1 aliphatic carbocycles. The smallest absolute Gasteiger partial charge is 0.321 e. The van der Waals surface area contributed by atoms with E-state index in [0.29, 0.717) is 0 Å². The maximum absolute atomic E-state index is 12.7. The summed E-state index contributed by atoms with van der Waals surface area (Å²) in [4.78, 5) is 29.7. The highest BCUT2D eigenvalue weighted by molar-refractivity contribution is 5.96. The standard InChI is InChI=1S/C27H36N4O2/c1-21(26(32)29-27(33)28-24-15-9-4-10-16-24)30-17-19-31(20-18-30)25(22-11-5-2-6-12-22)23-13-7-3-8-14-23/h2-3,5-8,11-14,21,24-25H,4,9-10,15-20H2,1H3,(H2,28,29,32,33)/t21-/m1/s1. The molecule has 1 aliphatic heterocycles. The van der Waals surface area contributed by atoms with E-state index < -0.39 is 0 Å². The predicted molar refractivity (Wildman–Crippen MR) is 131 cm³/mol. The van der Waals surface area contributed by atoms with Gasteiger partial charge in [-0.1, -0.05) is 79.9 Å². The zero-order valence-corrected chi connectivity index (χ0v) is 19.6. The number of hydrogen-bond donors (Lipinski definition) is 2. The van der Waals surface area contributed by atoms with Crippen LogP contribution in [0, 0.1) is 0 Å². The number of carbonyl (C=O) groups excluding carboxylic acids is 2.